The van der Waals surface area contributed by atoms with Crippen LogP contribution < -0.4 is 0 Å². The summed E-state index contributed by atoms with van der Waals surface area (Å²) in [6, 6.07) is 13.9. The Balaban J connectivity index is 1.91. The van der Waals surface area contributed by atoms with Crippen LogP contribution in [-0.2, 0) is 17.8 Å². The second-order valence-corrected chi connectivity index (χ2v) is 7.85. The second kappa shape index (κ2) is 10.5. The van der Waals surface area contributed by atoms with Crippen molar-refractivity contribution in [2.45, 2.75) is 44.7 Å². The maximum Gasteiger partial charge on any atom is 0.326 e. The molecule has 1 unspecified atom stereocenters. The van der Waals surface area contributed by atoms with E-state index in [-0.39, 0.29) is 24.7 Å². The first-order valence-corrected chi connectivity index (χ1v) is 10.5. The monoisotopic (exact) mass is 421 g/mol. The van der Waals surface area contributed by atoms with E-state index in [1.165, 1.54) is 17.0 Å². The van der Waals surface area contributed by atoms with Crippen molar-refractivity contribution >= 4 is 12.0 Å². The van der Waals surface area contributed by atoms with Crippen LogP contribution in [-0.4, -0.2) is 51.1 Å². The van der Waals surface area contributed by atoms with Crippen molar-refractivity contribution in [2.75, 3.05) is 13.1 Å². The summed E-state index contributed by atoms with van der Waals surface area (Å²) in [5.41, 5.74) is 1.87. The van der Waals surface area contributed by atoms with Crippen LogP contribution in [0.4, 0.5) is 4.79 Å². The summed E-state index contributed by atoms with van der Waals surface area (Å²) < 4.78 is 0. The summed E-state index contributed by atoms with van der Waals surface area (Å²) >= 11 is 0. The molecule has 1 atom stereocenters. The average molecular weight is 421 g/mol. The van der Waals surface area contributed by atoms with E-state index in [1.807, 2.05) is 0 Å². The number of aliphatic carboxylic acids is 1. The Labute approximate surface area is 182 Å². The third-order valence-electron chi connectivity index (χ3n) is 5.56. The lowest BCUT2D eigenvalue weighted by molar-refractivity contribution is -0.142. The molecule has 1 aliphatic rings. The molecule has 2 aromatic carbocycles. The first-order chi connectivity index (χ1) is 15.0. The number of carbonyl (C=O) groups excluding carboxylic acids is 1. The summed E-state index contributed by atoms with van der Waals surface area (Å²) in [7, 11) is 0. The number of benzene rings is 2. The third kappa shape index (κ3) is 5.98. The Bertz CT molecular complexity index is 944. The predicted octanol–water partition coefficient (Wildman–Crippen LogP) is 3.76. The Hall–Kier alpha value is -3.53. The molecule has 1 aliphatic heterocycles. The molecule has 162 valence electrons. The molecule has 0 saturated carbocycles. The zero-order valence-electron chi connectivity index (χ0n) is 17.4. The van der Waals surface area contributed by atoms with E-state index in [0.29, 0.717) is 24.2 Å². The number of amides is 2. The van der Waals surface area contributed by atoms with E-state index in [1.54, 1.807) is 41.3 Å². The van der Waals surface area contributed by atoms with E-state index in [9.17, 15) is 19.8 Å². The van der Waals surface area contributed by atoms with Crippen molar-refractivity contribution in [2.24, 2.45) is 0 Å². The molecule has 0 aromatic heterocycles. The van der Waals surface area contributed by atoms with Gasteiger partial charge in [0.2, 0.25) is 0 Å². The normalized spacial score (nSPS) is 14.9. The van der Waals surface area contributed by atoms with Crippen molar-refractivity contribution in [3.8, 4) is 11.8 Å². The Kier molecular flexibility index (Phi) is 7.50. The minimum Gasteiger partial charge on any atom is -0.508 e. The predicted molar refractivity (Wildman–Crippen MR) is 115 cm³/mol. The summed E-state index contributed by atoms with van der Waals surface area (Å²) in [6.07, 6.45) is 4.03. The van der Waals surface area contributed by atoms with E-state index >= 15 is 0 Å². The van der Waals surface area contributed by atoms with Crippen molar-refractivity contribution < 1.29 is 19.8 Å². The summed E-state index contributed by atoms with van der Waals surface area (Å²) in [6.45, 7) is 1.34. The van der Waals surface area contributed by atoms with Gasteiger partial charge in [-0.2, -0.15) is 5.26 Å². The summed E-state index contributed by atoms with van der Waals surface area (Å²) in [5.74, 6) is -0.985. The molecule has 7 nitrogen and oxygen atoms in total. The number of nitriles is 1. The zero-order chi connectivity index (χ0) is 22.2. The van der Waals surface area contributed by atoms with E-state index in [2.05, 4.69) is 6.07 Å². The highest BCUT2D eigenvalue weighted by Gasteiger charge is 2.33. The van der Waals surface area contributed by atoms with Gasteiger partial charge >= 0.3 is 12.0 Å². The lowest BCUT2D eigenvalue weighted by Crippen LogP contribution is -2.51. The fraction of sp³-hybridized carbons (Fsp3) is 0.375. The lowest BCUT2D eigenvalue weighted by Gasteiger charge is -2.34. The number of carbonyl (C=O) groups is 2. The number of phenols is 1. The topological polar surface area (TPSA) is 105 Å². The molecule has 2 N–H and O–H groups in total. The molecule has 31 heavy (non-hydrogen) atoms. The number of aromatic hydroxyl groups is 1. The van der Waals surface area contributed by atoms with Crippen molar-refractivity contribution in [1.82, 2.24) is 9.80 Å². The third-order valence-corrected chi connectivity index (χ3v) is 5.56. The van der Waals surface area contributed by atoms with Gasteiger partial charge in [0, 0.05) is 26.1 Å². The largest absolute Gasteiger partial charge is 0.508 e. The molecule has 0 radical (unpaired) electrons. The Morgan fingerprint density at radius 1 is 1.03 bits per heavy atom. The highest BCUT2D eigenvalue weighted by molar-refractivity contribution is 5.83. The van der Waals surface area contributed by atoms with Gasteiger partial charge in [-0.05, 0) is 48.2 Å². The molecular weight excluding hydrogens is 394 g/mol. The first kappa shape index (κ1) is 22.2. The van der Waals surface area contributed by atoms with Crippen LogP contribution in [0.3, 0.4) is 0 Å². The van der Waals surface area contributed by atoms with Gasteiger partial charge in [-0.1, -0.05) is 37.1 Å². The Morgan fingerprint density at radius 3 is 2.32 bits per heavy atom. The minimum atomic E-state index is -1.09. The van der Waals surface area contributed by atoms with Gasteiger partial charge < -0.3 is 20.0 Å². The summed E-state index contributed by atoms with van der Waals surface area (Å²) in [5, 5.41) is 28.8. The smallest absolute Gasteiger partial charge is 0.326 e. The van der Waals surface area contributed by atoms with E-state index < -0.39 is 12.0 Å². The van der Waals surface area contributed by atoms with Crippen molar-refractivity contribution in [3.63, 3.8) is 0 Å². The maximum absolute atomic E-state index is 13.5. The standard InChI is InChI=1S/C24H27N3O4/c25-16-20-7-5-6-19(14-20)15-22(23(29)30)27(17-18-8-10-21(28)11-9-18)24(31)26-12-3-1-2-4-13-26/h5-11,14,22,28H,1-4,12-13,15,17H2,(H,29,30). The molecule has 2 aromatic rings. The molecule has 0 spiro atoms. The molecule has 0 aliphatic carbocycles. The number of hydrogen-bond acceptors (Lipinski definition) is 4. The highest BCUT2D eigenvalue weighted by Crippen LogP contribution is 2.20. The van der Waals surface area contributed by atoms with Gasteiger partial charge in [-0.3, -0.25) is 0 Å². The average Bonchev–Trinajstić information content (AvgIpc) is 3.06. The summed E-state index contributed by atoms with van der Waals surface area (Å²) in [4.78, 5) is 28.9. The van der Waals surface area contributed by atoms with Crippen LogP contribution >= 0.6 is 0 Å². The lowest BCUT2D eigenvalue weighted by atomic mass is 10.0. The van der Waals surface area contributed by atoms with E-state index in [4.69, 9.17) is 5.26 Å². The quantitative estimate of drug-likeness (QED) is 0.739. The number of carboxylic acid groups (broad SMARTS) is 1. The van der Waals surface area contributed by atoms with Crippen molar-refractivity contribution in [3.05, 3.63) is 65.2 Å². The number of likely N-dealkylation sites (tertiary alicyclic amines) is 1. The molecular formula is C24H27N3O4. The zero-order valence-corrected chi connectivity index (χ0v) is 17.4. The molecule has 7 heteroatoms. The molecule has 1 heterocycles. The van der Waals surface area contributed by atoms with Gasteiger partial charge in [0.1, 0.15) is 11.8 Å². The van der Waals surface area contributed by atoms with Crippen LogP contribution in [0, 0.1) is 11.3 Å². The molecule has 2 amide bonds. The van der Waals surface area contributed by atoms with Gasteiger partial charge in [0.05, 0.1) is 11.6 Å². The fourth-order valence-electron chi connectivity index (χ4n) is 3.87. The molecule has 3 rings (SSSR count). The van der Waals surface area contributed by atoms with Crippen LogP contribution in [0.2, 0.25) is 0 Å². The number of rotatable bonds is 6. The molecule has 0 bridgehead atoms. The van der Waals surface area contributed by atoms with Crippen LogP contribution in [0.1, 0.15) is 42.4 Å². The SMILES string of the molecule is N#Cc1cccc(CC(C(=O)O)N(Cc2ccc(O)cc2)C(=O)N2CCCCCC2)c1. The molecule has 1 saturated heterocycles. The van der Waals surface area contributed by atoms with Crippen molar-refractivity contribution in [1.29, 1.82) is 5.26 Å². The van der Waals surface area contributed by atoms with Gasteiger partial charge in [-0.15, -0.1) is 0 Å². The number of phenolic OH excluding ortho intramolecular Hbond substituents is 1. The number of hydrogen-bond donors (Lipinski definition) is 2. The van der Waals surface area contributed by atoms with Gasteiger partial charge in [-0.25, -0.2) is 9.59 Å². The highest BCUT2D eigenvalue weighted by atomic mass is 16.4. The van der Waals surface area contributed by atoms with Gasteiger partial charge in [0.15, 0.2) is 0 Å². The van der Waals surface area contributed by atoms with Crippen LogP contribution in [0.25, 0.3) is 0 Å². The molecule has 1 fully saturated rings. The second-order valence-electron chi connectivity index (χ2n) is 7.85. The maximum atomic E-state index is 13.5. The fourth-order valence-corrected chi connectivity index (χ4v) is 3.87. The first-order valence-electron chi connectivity index (χ1n) is 10.5. The van der Waals surface area contributed by atoms with Crippen LogP contribution in [0.15, 0.2) is 48.5 Å². The number of urea groups is 1. The van der Waals surface area contributed by atoms with E-state index in [0.717, 1.165) is 31.2 Å². The number of carboxylic acids is 1. The minimum absolute atomic E-state index is 0.0997. The number of nitrogens with zero attached hydrogens (tertiary/aromatic N) is 3. The Morgan fingerprint density at radius 2 is 1.71 bits per heavy atom. The van der Waals surface area contributed by atoms with Crippen LogP contribution in [0.5, 0.6) is 5.75 Å². The van der Waals surface area contributed by atoms with Gasteiger partial charge in [0.25, 0.3) is 0 Å².